The second kappa shape index (κ2) is 8.43. The van der Waals surface area contributed by atoms with Gasteiger partial charge in [-0.15, -0.1) is 0 Å². The number of anilines is 1. The molecule has 1 amide bonds. The van der Waals surface area contributed by atoms with Crippen LogP contribution in [0.15, 0.2) is 12.1 Å². The van der Waals surface area contributed by atoms with E-state index in [0.29, 0.717) is 21.8 Å². The lowest BCUT2D eigenvalue weighted by molar-refractivity contribution is -0.118. The maximum absolute atomic E-state index is 12.1. The number of benzene rings is 2. The predicted molar refractivity (Wildman–Crippen MR) is 107 cm³/mol. The molecule has 1 N–H and O–H groups in total. The molecule has 0 aliphatic heterocycles. The molecular formula is C16H11Cl6NO2. The summed E-state index contributed by atoms with van der Waals surface area (Å²) in [4.78, 5) is 12.1. The van der Waals surface area contributed by atoms with Crippen LogP contribution in [-0.4, -0.2) is 12.5 Å². The molecule has 2 aromatic carbocycles. The van der Waals surface area contributed by atoms with Crippen LogP contribution in [0.3, 0.4) is 0 Å². The normalized spacial score (nSPS) is 10.7. The second-order valence-electron chi connectivity index (χ2n) is 5.10. The van der Waals surface area contributed by atoms with E-state index in [0.717, 1.165) is 0 Å². The van der Waals surface area contributed by atoms with E-state index >= 15 is 0 Å². The first kappa shape index (κ1) is 20.8. The summed E-state index contributed by atoms with van der Waals surface area (Å²) in [6.45, 7) is 3.13. The van der Waals surface area contributed by atoms with Crippen molar-refractivity contribution in [2.45, 2.75) is 13.8 Å². The Morgan fingerprint density at radius 3 is 1.96 bits per heavy atom. The zero-order valence-corrected chi connectivity index (χ0v) is 17.5. The quantitative estimate of drug-likeness (QED) is 0.487. The van der Waals surface area contributed by atoms with Crippen LogP contribution < -0.4 is 10.1 Å². The zero-order chi connectivity index (χ0) is 18.9. The molecule has 0 aliphatic rings. The largest absolute Gasteiger partial charge is 0.481 e. The highest BCUT2D eigenvalue weighted by atomic mass is 35.5. The van der Waals surface area contributed by atoms with Crippen LogP contribution in [0.2, 0.25) is 30.1 Å². The van der Waals surface area contributed by atoms with Gasteiger partial charge >= 0.3 is 0 Å². The number of ether oxygens (including phenoxy) is 1. The third-order valence-corrected chi connectivity index (χ3v) is 5.86. The molecule has 0 atom stereocenters. The molecule has 0 bridgehead atoms. The number of nitrogens with one attached hydrogen (secondary N) is 1. The van der Waals surface area contributed by atoms with E-state index in [2.05, 4.69) is 5.32 Å². The van der Waals surface area contributed by atoms with Gasteiger partial charge in [-0.25, -0.2) is 0 Å². The molecule has 0 aromatic heterocycles. The number of rotatable bonds is 4. The Morgan fingerprint density at radius 1 is 0.880 bits per heavy atom. The maximum atomic E-state index is 12.1. The first-order chi connectivity index (χ1) is 11.6. The molecule has 0 spiro atoms. The molecule has 0 heterocycles. The molecule has 134 valence electrons. The Labute approximate surface area is 175 Å². The van der Waals surface area contributed by atoms with Crippen LogP contribution in [0.25, 0.3) is 0 Å². The Hall–Kier alpha value is -0.550. The predicted octanol–water partition coefficient (Wildman–Crippen LogP) is 7.24. The summed E-state index contributed by atoms with van der Waals surface area (Å²) >= 11 is 36.3. The van der Waals surface area contributed by atoms with Crippen LogP contribution in [0.1, 0.15) is 11.1 Å². The third kappa shape index (κ3) is 4.60. The lowest BCUT2D eigenvalue weighted by Gasteiger charge is -2.15. The number of carbonyl (C=O) groups is 1. The summed E-state index contributed by atoms with van der Waals surface area (Å²) in [6, 6.07) is 2.88. The third-order valence-electron chi connectivity index (χ3n) is 3.35. The molecule has 0 aliphatic carbocycles. The van der Waals surface area contributed by atoms with Gasteiger partial charge in [-0.05, 0) is 37.1 Å². The second-order valence-corrected chi connectivity index (χ2v) is 7.46. The molecule has 0 unspecified atom stereocenters. The average molecular weight is 462 g/mol. The van der Waals surface area contributed by atoms with E-state index in [9.17, 15) is 4.79 Å². The van der Waals surface area contributed by atoms with E-state index in [-0.39, 0.29) is 37.5 Å². The van der Waals surface area contributed by atoms with Crippen molar-refractivity contribution in [2.24, 2.45) is 0 Å². The summed E-state index contributed by atoms with van der Waals surface area (Å²) in [5.74, 6) is -0.282. The minimum atomic E-state index is -0.474. The molecule has 0 saturated carbocycles. The van der Waals surface area contributed by atoms with Crippen molar-refractivity contribution in [3.8, 4) is 5.75 Å². The summed E-state index contributed by atoms with van der Waals surface area (Å²) in [6.07, 6.45) is 0. The van der Waals surface area contributed by atoms with Gasteiger partial charge in [0, 0.05) is 5.02 Å². The van der Waals surface area contributed by atoms with E-state index in [1.54, 1.807) is 13.8 Å². The van der Waals surface area contributed by atoms with Crippen LogP contribution in [-0.2, 0) is 4.79 Å². The molecular weight excluding hydrogens is 451 g/mol. The topological polar surface area (TPSA) is 38.3 Å². The summed E-state index contributed by atoms with van der Waals surface area (Å²) in [7, 11) is 0. The number of carbonyl (C=O) groups excluding carboxylic acids is 1. The highest BCUT2D eigenvalue weighted by Gasteiger charge is 2.19. The van der Waals surface area contributed by atoms with Crippen molar-refractivity contribution < 1.29 is 9.53 Å². The number of hydrogen-bond acceptors (Lipinski definition) is 2. The Balaban J connectivity index is 2.15. The van der Waals surface area contributed by atoms with Gasteiger partial charge in [-0.1, -0.05) is 69.6 Å². The minimum absolute atomic E-state index is 0.193. The van der Waals surface area contributed by atoms with E-state index < -0.39 is 5.91 Å². The van der Waals surface area contributed by atoms with Gasteiger partial charge in [-0.2, -0.15) is 0 Å². The van der Waals surface area contributed by atoms with Gasteiger partial charge in [0.25, 0.3) is 5.91 Å². The Bertz CT molecular complexity index is 824. The lowest BCUT2D eigenvalue weighted by Crippen LogP contribution is -2.20. The molecule has 3 nitrogen and oxygen atoms in total. The smallest absolute Gasteiger partial charge is 0.262 e. The van der Waals surface area contributed by atoms with Gasteiger partial charge in [0.15, 0.2) is 12.4 Å². The van der Waals surface area contributed by atoms with Crippen molar-refractivity contribution in [2.75, 3.05) is 11.9 Å². The van der Waals surface area contributed by atoms with Crippen molar-refractivity contribution in [3.05, 3.63) is 53.4 Å². The van der Waals surface area contributed by atoms with E-state index in [1.807, 2.05) is 0 Å². The average Bonchev–Trinajstić information content (AvgIpc) is 2.56. The summed E-state index contributed by atoms with van der Waals surface area (Å²) in [5, 5.41) is 4.32. The maximum Gasteiger partial charge on any atom is 0.262 e. The van der Waals surface area contributed by atoms with Crippen LogP contribution >= 0.6 is 69.6 Å². The van der Waals surface area contributed by atoms with Crippen molar-refractivity contribution in [1.82, 2.24) is 0 Å². The standard InChI is InChI=1S/C16H11Cl6NO2/c1-6-13(20)7(2)15(22)16(14(6)21)25-5-12(24)23-11-4-9(18)8(17)3-10(11)19/h3-4H,5H2,1-2H3,(H,23,24). The zero-order valence-electron chi connectivity index (χ0n) is 12.9. The summed E-state index contributed by atoms with van der Waals surface area (Å²) in [5.41, 5.74) is 1.55. The fourth-order valence-electron chi connectivity index (χ4n) is 1.98. The van der Waals surface area contributed by atoms with Crippen molar-refractivity contribution in [3.63, 3.8) is 0 Å². The van der Waals surface area contributed by atoms with Crippen molar-refractivity contribution >= 4 is 81.2 Å². The van der Waals surface area contributed by atoms with Crippen LogP contribution in [0.5, 0.6) is 5.75 Å². The first-order valence-corrected chi connectivity index (χ1v) is 9.11. The monoisotopic (exact) mass is 459 g/mol. The fraction of sp³-hybridized carbons (Fsp3) is 0.188. The fourth-order valence-corrected chi connectivity index (χ4v) is 3.40. The first-order valence-electron chi connectivity index (χ1n) is 6.84. The number of halogens is 6. The number of hydrogen-bond donors (Lipinski definition) is 1. The molecule has 2 rings (SSSR count). The van der Waals surface area contributed by atoms with Crippen LogP contribution in [0.4, 0.5) is 5.69 Å². The molecule has 0 radical (unpaired) electrons. The minimum Gasteiger partial charge on any atom is -0.481 e. The van der Waals surface area contributed by atoms with Gasteiger partial charge < -0.3 is 10.1 Å². The van der Waals surface area contributed by atoms with Crippen LogP contribution in [0, 0.1) is 13.8 Å². The SMILES string of the molecule is Cc1c(Cl)c(C)c(Cl)c(OCC(=O)Nc2cc(Cl)c(Cl)cc2Cl)c1Cl. The Morgan fingerprint density at radius 2 is 1.40 bits per heavy atom. The molecule has 2 aromatic rings. The molecule has 0 fully saturated rings. The van der Waals surface area contributed by atoms with Gasteiger partial charge in [0.1, 0.15) is 0 Å². The molecule has 25 heavy (non-hydrogen) atoms. The van der Waals surface area contributed by atoms with Crippen molar-refractivity contribution in [1.29, 1.82) is 0 Å². The summed E-state index contributed by atoms with van der Waals surface area (Å²) < 4.78 is 5.48. The van der Waals surface area contributed by atoms with E-state index in [4.69, 9.17) is 74.3 Å². The lowest BCUT2D eigenvalue weighted by atomic mass is 10.1. The highest BCUT2D eigenvalue weighted by Crippen LogP contribution is 2.42. The van der Waals surface area contributed by atoms with E-state index in [1.165, 1.54) is 12.1 Å². The molecule has 0 saturated heterocycles. The number of amides is 1. The van der Waals surface area contributed by atoms with Gasteiger partial charge in [0.05, 0.1) is 30.8 Å². The molecule has 9 heteroatoms. The Kier molecular flexibility index (Phi) is 7.00. The van der Waals surface area contributed by atoms with Gasteiger partial charge in [0.2, 0.25) is 0 Å². The van der Waals surface area contributed by atoms with Gasteiger partial charge in [-0.3, -0.25) is 4.79 Å². The highest BCUT2D eigenvalue weighted by molar-refractivity contribution is 6.44.